The maximum absolute atomic E-state index is 11.4. The van der Waals surface area contributed by atoms with Gasteiger partial charge >= 0.3 is 5.97 Å². The number of benzene rings is 1. The molecule has 0 atom stereocenters. The molecule has 0 radical (unpaired) electrons. The first-order valence-corrected chi connectivity index (χ1v) is 6.52. The first kappa shape index (κ1) is 14.8. The molecule has 1 heterocycles. The molecule has 0 fully saturated rings. The summed E-state index contributed by atoms with van der Waals surface area (Å²) in [4.78, 5) is 28.5. The Morgan fingerprint density at radius 1 is 1.38 bits per heavy atom. The lowest BCUT2D eigenvalue weighted by Crippen LogP contribution is -2.17. The fourth-order valence-electron chi connectivity index (χ4n) is 1.80. The van der Waals surface area contributed by atoms with Crippen molar-refractivity contribution in [2.45, 2.75) is 26.4 Å². The number of rotatable bonds is 5. The largest absolute Gasteiger partial charge is 0.486 e. The average Bonchev–Trinajstić information content (AvgIpc) is 2.45. The van der Waals surface area contributed by atoms with Crippen molar-refractivity contribution in [2.75, 3.05) is 0 Å². The van der Waals surface area contributed by atoms with E-state index in [0.29, 0.717) is 11.7 Å². The second-order valence-electron chi connectivity index (χ2n) is 4.90. The highest BCUT2D eigenvalue weighted by atomic mass is 16.5. The molecule has 21 heavy (non-hydrogen) atoms. The molecule has 0 bridgehead atoms. The van der Waals surface area contributed by atoms with E-state index < -0.39 is 11.5 Å². The smallest absolute Gasteiger partial charge is 0.354 e. The molecule has 1 aromatic heterocycles. The SMILES string of the molecule is CC(C)c1cccc(OCc2nc(C(=O)O)cc(=O)[nH]2)c1. The van der Waals surface area contributed by atoms with Gasteiger partial charge in [-0.2, -0.15) is 0 Å². The number of nitrogens with zero attached hydrogens (tertiary/aromatic N) is 1. The second-order valence-corrected chi connectivity index (χ2v) is 4.90. The van der Waals surface area contributed by atoms with E-state index >= 15 is 0 Å². The molecule has 0 spiro atoms. The number of carboxylic acid groups (broad SMARTS) is 1. The van der Waals surface area contributed by atoms with Crippen molar-refractivity contribution in [2.24, 2.45) is 0 Å². The molecular formula is C15H16N2O4. The van der Waals surface area contributed by atoms with Crippen LogP contribution in [0, 0.1) is 0 Å². The Labute approximate surface area is 121 Å². The Morgan fingerprint density at radius 2 is 2.14 bits per heavy atom. The minimum atomic E-state index is -1.25. The molecule has 110 valence electrons. The van der Waals surface area contributed by atoms with E-state index in [1.807, 2.05) is 18.2 Å². The molecule has 0 saturated carbocycles. The number of aromatic nitrogens is 2. The standard InChI is InChI=1S/C15H16N2O4/c1-9(2)10-4-3-5-11(6-10)21-8-13-16-12(15(19)20)7-14(18)17-13/h3-7,9H,8H2,1-2H3,(H,19,20)(H,16,17,18). The molecule has 6 nitrogen and oxygen atoms in total. The van der Waals surface area contributed by atoms with E-state index in [0.717, 1.165) is 11.6 Å². The Balaban J connectivity index is 2.15. The summed E-state index contributed by atoms with van der Waals surface area (Å²) in [7, 11) is 0. The summed E-state index contributed by atoms with van der Waals surface area (Å²) in [6.07, 6.45) is 0. The zero-order valence-electron chi connectivity index (χ0n) is 11.8. The molecule has 2 rings (SSSR count). The fraction of sp³-hybridized carbons (Fsp3) is 0.267. The number of aromatic carboxylic acids is 1. The predicted molar refractivity (Wildman–Crippen MR) is 76.7 cm³/mol. The molecule has 1 aromatic carbocycles. The number of carbonyl (C=O) groups is 1. The van der Waals surface area contributed by atoms with Gasteiger partial charge in [-0.1, -0.05) is 26.0 Å². The highest BCUT2D eigenvalue weighted by molar-refractivity contribution is 5.85. The van der Waals surface area contributed by atoms with Crippen LogP contribution < -0.4 is 10.3 Å². The lowest BCUT2D eigenvalue weighted by atomic mass is 10.0. The summed E-state index contributed by atoms with van der Waals surface area (Å²) in [5, 5.41) is 8.86. The highest BCUT2D eigenvalue weighted by Gasteiger charge is 2.09. The summed E-state index contributed by atoms with van der Waals surface area (Å²) in [6.45, 7) is 4.15. The van der Waals surface area contributed by atoms with Crippen LogP contribution in [0.5, 0.6) is 5.75 Å². The maximum atomic E-state index is 11.4. The Bertz CT molecular complexity index is 707. The van der Waals surface area contributed by atoms with Gasteiger partial charge in [0.05, 0.1) is 0 Å². The molecule has 0 aliphatic carbocycles. The molecule has 6 heteroatoms. The van der Waals surface area contributed by atoms with Crippen LogP contribution in [0.2, 0.25) is 0 Å². The lowest BCUT2D eigenvalue weighted by Gasteiger charge is -2.09. The Morgan fingerprint density at radius 3 is 2.81 bits per heavy atom. The van der Waals surface area contributed by atoms with Gasteiger partial charge in [-0.05, 0) is 23.6 Å². The van der Waals surface area contributed by atoms with Crippen LogP contribution in [0.3, 0.4) is 0 Å². The molecule has 0 saturated heterocycles. The van der Waals surface area contributed by atoms with Crippen LogP contribution in [0.4, 0.5) is 0 Å². The number of hydrogen-bond donors (Lipinski definition) is 2. The zero-order chi connectivity index (χ0) is 15.4. The van der Waals surface area contributed by atoms with Crippen molar-refractivity contribution in [3.63, 3.8) is 0 Å². The molecule has 0 aliphatic rings. The van der Waals surface area contributed by atoms with Crippen molar-refractivity contribution >= 4 is 5.97 Å². The van der Waals surface area contributed by atoms with E-state index in [2.05, 4.69) is 23.8 Å². The molecule has 0 aliphatic heterocycles. The van der Waals surface area contributed by atoms with Crippen LogP contribution in [-0.4, -0.2) is 21.0 Å². The van der Waals surface area contributed by atoms with Crippen molar-refractivity contribution < 1.29 is 14.6 Å². The highest BCUT2D eigenvalue weighted by Crippen LogP contribution is 2.20. The van der Waals surface area contributed by atoms with Gasteiger partial charge in [-0.3, -0.25) is 4.79 Å². The van der Waals surface area contributed by atoms with Gasteiger partial charge in [0.25, 0.3) is 5.56 Å². The number of H-pyrrole nitrogens is 1. The first-order chi connectivity index (χ1) is 9.95. The van der Waals surface area contributed by atoms with E-state index in [1.165, 1.54) is 0 Å². The zero-order valence-corrected chi connectivity index (χ0v) is 11.8. The van der Waals surface area contributed by atoms with Crippen molar-refractivity contribution in [1.29, 1.82) is 0 Å². The molecule has 0 amide bonds. The van der Waals surface area contributed by atoms with Crippen LogP contribution >= 0.6 is 0 Å². The van der Waals surface area contributed by atoms with Gasteiger partial charge in [-0.15, -0.1) is 0 Å². The van der Waals surface area contributed by atoms with E-state index in [-0.39, 0.29) is 18.1 Å². The summed E-state index contributed by atoms with van der Waals surface area (Å²) in [6, 6.07) is 8.53. The van der Waals surface area contributed by atoms with Gasteiger partial charge in [0.1, 0.15) is 18.2 Å². The van der Waals surface area contributed by atoms with Crippen LogP contribution in [0.1, 0.15) is 41.6 Å². The van der Waals surface area contributed by atoms with Gasteiger partial charge in [0.15, 0.2) is 5.69 Å². The third-order valence-electron chi connectivity index (χ3n) is 2.91. The lowest BCUT2D eigenvalue weighted by molar-refractivity contribution is 0.0689. The summed E-state index contributed by atoms with van der Waals surface area (Å²) < 4.78 is 5.55. The van der Waals surface area contributed by atoms with Gasteiger partial charge in [0, 0.05) is 6.07 Å². The van der Waals surface area contributed by atoms with Crippen molar-refractivity contribution in [3.05, 3.63) is 57.8 Å². The number of carboxylic acids is 1. The van der Waals surface area contributed by atoms with E-state index in [4.69, 9.17) is 9.84 Å². The van der Waals surface area contributed by atoms with Crippen LogP contribution in [-0.2, 0) is 6.61 Å². The van der Waals surface area contributed by atoms with Gasteiger partial charge in [-0.25, -0.2) is 9.78 Å². The predicted octanol–water partition coefficient (Wildman–Crippen LogP) is 2.17. The fourth-order valence-corrected chi connectivity index (χ4v) is 1.80. The third kappa shape index (κ3) is 3.92. The summed E-state index contributed by atoms with van der Waals surface area (Å²) in [5.74, 6) is -0.0506. The van der Waals surface area contributed by atoms with E-state index in [9.17, 15) is 9.59 Å². The van der Waals surface area contributed by atoms with Crippen LogP contribution in [0.25, 0.3) is 0 Å². The Hall–Kier alpha value is -2.63. The number of aromatic amines is 1. The minimum absolute atomic E-state index is 0.00207. The van der Waals surface area contributed by atoms with Crippen LogP contribution in [0.15, 0.2) is 35.1 Å². The number of ether oxygens (including phenoxy) is 1. The summed E-state index contributed by atoms with van der Waals surface area (Å²) >= 11 is 0. The normalized spacial score (nSPS) is 10.6. The number of hydrogen-bond acceptors (Lipinski definition) is 4. The summed E-state index contributed by atoms with van der Waals surface area (Å²) in [5.41, 5.74) is 0.318. The molecule has 0 unspecified atom stereocenters. The monoisotopic (exact) mass is 288 g/mol. The second kappa shape index (κ2) is 6.21. The van der Waals surface area contributed by atoms with Gasteiger partial charge < -0.3 is 14.8 Å². The van der Waals surface area contributed by atoms with Crippen molar-refractivity contribution in [3.8, 4) is 5.75 Å². The molecule has 2 aromatic rings. The van der Waals surface area contributed by atoms with E-state index in [1.54, 1.807) is 6.07 Å². The number of nitrogens with one attached hydrogen (secondary N) is 1. The maximum Gasteiger partial charge on any atom is 0.354 e. The Kier molecular flexibility index (Phi) is 4.37. The minimum Gasteiger partial charge on any atom is -0.486 e. The average molecular weight is 288 g/mol. The molecule has 2 N–H and O–H groups in total. The van der Waals surface area contributed by atoms with Crippen molar-refractivity contribution in [1.82, 2.24) is 9.97 Å². The quantitative estimate of drug-likeness (QED) is 0.879. The first-order valence-electron chi connectivity index (χ1n) is 6.52. The topological polar surface area (TPSA) is 92.3 Å². The van der Waals surface area contributed by atoms with Gasteiger partial charge in [0.2, 0.25) is 0 Å². The molecular weight excluding hydrogens is 272 g/mol. The third-order valence-corrected chi connectivity index (χ3v) is 2.91.